The van der Waals surface area contributed by atoms with Crippen molar-refractivity contribution in [3.63, 3.8) is 0 Å². The van der Waals surface area contributed by atoms with E-state index in [1.165, 1.54) is 18.5 Å². The largest absolute Gasteiger partial charge is 0.361 e. The molecule has 2 atom stereocenters. The van der Waals surface area contributed by atoms with Gasteiger partial charge in [0.25, 0.3) is 0 Å². The Morgan fingerprint density at radius 3 is 2.65 bits per heavy atom. The molecule has 0 radical (unpaired) electrons. The van der Waals surface area contributed by atoms with E-state index in [4.69, 9.17) is 4.74 Å². The second kappa shape index (κ2) is 3.63. The van der Waals surface area contributed by atoms with E-state index in [0.29, 0.717) is 6.42 Å². The summed E-state index contributed by atoms with van der Waals surface area (Å²) in [6, 6.07) is 6.42. The number of aromatic amines is 1. The zero-order chi connectivity index (χ0) is 11.9. The van der Waals surface area contributed by atoms with E-state index >= 15 is 0 Å². The molecule has 1 aliphatic rings. The van der Waals surface area contributed by atoms with Crippen LogP contribution in [0.3, 0.4) is 0 Å². The van der Waals surface area contributed by atoms with Crippen LogP contribution in [0.4, 0.5) is 4.39 Å². The number of halogens is 1. The van der Waals surface area contributed by atoms with E-state index in [-0.39, 0.29) is 17.5 Å². The van der Waals surface area contributed by atoms with Crippen molar-refractivity contribution in [3.8, 4) is 0 Å². The van der Waals surface area contributed by atoms with Gasteiger partial charge in [-0.15, -0.1) is 0 Å². The lowest BCUT2D eigenvalue weighted by atomic mass is 9.92. The number of hydrogen-bond acceptors (Lipinski definition) is 3. The highest BCUT2D eigenvalue weighted by Gasteiger charge is 2.55. The second-order valence-corrected chi connectivity index (χ2v) is 4.27. The average Bonchev–Trinajstić information content (AvgIpc) is 2.76. The van der Waals surface area contributed by atoms with Gasteiger partial charge in [-0.25, -0.2) is 9.37 Å². The van der Waals surface area contributed by atoms with Gasteiger partial charge in [0.05, 0.1) is 6.10 Å². The molecule has 4 nitrogen and oxygen atoms in total. The summed E-state index contributed by atoms with van der Waals surface area (Å²) in [5, 5.41) is 6.64. The Kier molecular flexibility index (Phi) is 2.22. The maximum Gasteiger partial charge on any atom is 0.137 e. The fraction of sp³-hybridized carbons (Fsp3) is 0.333. The van der Waals surface area contributed by atoms with Gasteiger partial charge < -0.3 is 4.74 Å². The average molecular weight is 233 g/mol. The molecule has 1 aromatic carbocycles. The molecule has 0 aliphatic carbocycles. The molecule has 2 aromatic rings. The van der Waals surface area contributed by atoms with Crippen molar-refractivity contribution in [2.45, 2.75) is 25.0 Å². The minimum absolute atomic E-state index is 0.109. The van der Waals surface area contributed by atoms with Crippen molar-refractivity contribution < 1.29 is 9.13 Å². The van der Waals surface area contributed by atoms with Crippen LogP contribution in [-0.2, 0) is 16.8 Å². The van der Waals surface area contributed by atoms with Crippen LogP contribution in [0.2, 0.25) is 0 Å². The monoisotopic (exact) mass is 233 g/mol. The lowest BCUT2D eigenvalue weighted by Crippen LogP contribution is -2.16. The number of rotatable bonds is 3. The summed E-state index contributed by atoms with van der Waals surface area (Å²) in [5.41, 5.74) is 0.593. The van der Waals surface area contributed by atoms with Crippen molar-refractivity contribution in [2.24, 2.45) is 0 Å². The van der Waals surface area contributed by atoms with Gasteiger partial charge in [0.2, 0.25) is 0 Å². The van der Waals surface area contributed by atoms with E-state index in [2.05, 4.69) is 15.2 Å². The van der Waals surface area contributed by atoms with Crippen LogP contribution in [0.25, 0.3) is 0 Å². The van der Waals surface area contributed by atoms with Crippen molar-refractivity contribution in [3.05, 3.63) is 47.8 Å². The number of H-pyrrole nitrogens is 1. The first kappa shape index (κ1) is 10.4. The van der Waals surface area contributed by atoms with Gasteiger partial charge in [0.1, 0.15) is 23.6 Å². The van der Waals surface area contributed by atoms with E-state index in [9.17, 15) is 4.39 Å². The molecule has 1 N–H and O–H groups in total. The van der Waals surface area contributed by atoms with Crippen LogP contribution in [0.1, 0.15) is 18.3 Å². The smallest absolute Gasteiger partial charge is 0.137 e. The maximum absolute atomic E-state index is 12.9. The predicted octanol–water partition coefficient (Wildman–Crippen LogP) is 1.80. The van der Waals surface area contributed by atoms with Gasteiger partial charge in [0, 0.05) is 6.42 Å². The van der Waals surface area contributed by atoms with Crippen LogP contribution in [0.5, 0.6) is 0 Å². The summed E-state index contributed by atoms with van der Waals surface area (Å²) in [6.45, 7) is 2.00. The van der Waals surface area contributed by atoms with Crippen molar-refractivity contribution in [1.82, 2.24) is 15.2 Å². The Bertz CT molecular complexity index is 511. The molecule has 17 heavy (non-hydrogen) atoms. The van der Waals surface area contributed by atoms with Crippen LogP contribution < -0.4 is 0 Å². The number of ether oxygens (including phenoxy) is 1. The van der Waals surface area contributed by atoms with Gasteiger partial charge in [-0.1, -0.05) is 12.1 Å². The number of hydrogen-bond donors (Lipinski definition) is 1. The molecule has 88 valence electrons. The first-order valence-corrected chi connectivity index (χ1v) is 5.49. The minimum Gasteiger partial charge on any atom is -0.361 e. The summed E-state index contributed by atoms with van der Waals surface area (Å²) in [4.78, 5) is 4.10. The van der Waals surface area contributed by atoms with Gasteiger partial charge in [-0.2, -0.15) is 5.10 Å². The Morgan fingerprint density at radius 2 is 2.12 bits per heavy atom. The number of epoxide rings is 1. The number of benzene rings is 1. The van der Waals surface area contributed by atoms with Gasteiger partial charge >= 0.3 is 0 Å². The van der Waals surface area contributed by atoms with Gasteiger partial charge in [0.15, 0.2) is 0 Å². The first-order chi connectivity index (χ1) is 8.21. The Labute approximate surface area is 97.8 Å². The first-order valence-electron chi connectivity index (χ1n) is 5.49. The zero-order valence-electron chi connectivity index (χ0n) is 9.35. The molecule has 1 fully saturated rings. The molecule has 0 amide bonds. The standard InChI is InChI=1S/C12H12FN3O/c1-8-12(17-8,6-11-14-7-15-16-11)9-2-4-10(13)5-3-9/h2-5,7-8H,6H2,1H3,(H,14,15,16)/t8-,12-/m0/s1. The van der Waals surface area contributed by atoms with E-state index in [0.717, 1.165) is 11.4 Å². The highest BCUT2D eigenvalue weighted by molar-refractivity contribution is 5.30. The molecule has 0 saturated carbocycles. The second-order valence-electron chi connectivity index (χ2n) is 4.27. The van der Waals surface area contributed by atoms with Gasteiger partial charge in [-0.05, 0) is 24.6 Å². The van der Waals surface area contributed by atoms with Crippen molar-refractivity contribution >= 4 is 0 Å². The van der Waals surface area contributed by atoms with E-state index in [1.54, 1.807) is 12.1 Å². The molecular weight excluding hydrogens is 221 g/mol. The third-order valence-corrected chi connectivity index (χ3v) is 3.21. The Morgan fingerprint density at radius 1 is 1.41 bits per heavy atom. The van der Waals surface area contributed by atoms with E-state index < -0.39 is 0 Å². The SMILES string of the molecule is C[C@@H]1O[C@]1(Cc1ncn[nH]1)c1ccc(F)cc1. The molecule has 3 rings (SSSR count). The van der Waals surface area contributed by atoms with E-state index in [1.807, 2.05) is 6.92 Å². The van der Waals surface area contributed by atoms with Crippen LogP contribution in [0, 0.1) is 5.82 Å². The quantitative estimate of drug-likeness (QED) is 0.822. The molecule has 5 heteroatoms. The lowest BCUT2D eigenvalue weighted by molar-refractivity contribution is 0.293. The third kappa shape index (κ3) is 1.72. The normalized spacial score (nSPS) is 27.1. The highest BCUT2D eigenvalue weighted by atomic mass is 19.1. The minimum atomic E-state index is -0.382. The summed E-state index contributed by atoms with van der Waals surface area (Å²) < 4.78 is 18.6. The molecule has 1 aromatic heterocycles. The molecule has 0 bridgehead atoms. The van der Waals surface area contributed by atoms with Crippen molar-refractivity contribution in [2.75, 3.05) is 0 Å². The summed E-state index contributed by atoms with van der Waals surface area (Å²) >= 11 is 0. The molecule has 1 aliphatic heterocycles. The molecule has 2 heterocycles. The highest BCUT2D eigenvalue weighted by Crippen LogP contribution is 2.48. The predicted molar refractivity (Wildman–Crippen MR) is 58.7 cm³/mol. The summed E-state index contributed by atoms with van der Waals surface area (Å²) in [6.07, 6.45) is 2.21. The summed E-state index contributed by atoms with van der Waals surface area (Å²) in [5.74, 6) is 0.538. The zero-order valence-corrected chi connectivity index (χ0v) is 9.35. The number of nitrogens with zero attached hydrogens (tertiary/aromatic N) is 2. The van der Waals surface area contributed by atoms with Crippen LogP contribution in [0.15, 0.2) is 30.6 Å². The fourth-order valence-electron chi connectivity index (χ4n) is 2.17. The lowest BCUT2D eigenvalue weighted by Gasteiger charge is -2.11. The maximum atomic E-state index is 12.9. The Hall–Kier alpha value is -1.75. The number of aromatic nitrogens is 3. The molecule has 1 saturated heterocycles. The van der Waals surface area contributed by atoms with Gasteiger partial charge in [-0.3, -0.25) is 5.10 Å². The Balaban J connectivity index is 1.90. The molecule has 0 unspecified atom stereocenters. The third-order valence-electron chi connectivity index (χ3n) is 3.21. The van der Waals surface area contributed by atoms with Crippen LogP contribution >= 0.6 is 0 Å². The fourth-order valence-corrected chi connectivity index (χ4v) is 2.17. The number of nitrogens with one attached hydrogen (secondary N) is 1. The topological polar surface area (TPSA) is 54.1 Å². The molecule has 0 spiro atoms. The van der Waals surface area contributed by atoms with Crippen LogP contribution in [-0.4, -0.2) is 21.3 Å². The summed E-state index contributed by atoms with van der Waals surface area (Å²) in [7, 11) is 0. The van der Waals surface area contributed by atoms with Crippen molar-refractivity contribution in [1.29, 1.82) is 0 Å². The molecular formula is C12H12FN3O.